The van der Waals surface area contributed by atoms with Crippen LogP contribution in [0.2, 0.25) is 0 Å². The molecule has 1 saturated heterocycles. The van der Waals surface area contributed by atoms with Gasteiger partial charge in [-0.05, 0) is 25.8 Å². The Morgan fingerprint density at radius 3 is 3.13 bits per heavy atom. The first-order valence-corrected chi connectivity index (χ1v) is 5.10. The Bertz CT molecular complexity index is 336. The fourth-order valence-electron chi connectivity index (χ4n) is 1.59. The summed E-state index contributed by atoms with van der Waals surface area (Å²) in [4.78, 5) is 11.5. The van der Waals surface area contributed by atoms with Crippen molar-refractivity contribution in [3.8, 4) is 0 Å². The molecule has 4 nitrogen and oxygen atoms in total. The average molecular weight is 210 g/mol. The Kier molecular flexibility index (Phi) is 3.06. The van der Waals surface area contributed by atoms with Crippen molar-refractivity contribution in [3.63, 3.8) is 0 Å². The molecule has 15 heavy (non-hydrogen) atoms. The molecule has 1 aromatic heterocycles. The quantitative estimate of drug-likeness (QED) is 0.715. The van der Waals surface area contributed by atoms with Crippen LogP contribution >= 0.6 is 0 Å². The van der Waals surface area contributed by atoms with Gasteiger partial charge in [-0.25, -0.2) is 4.79 Å². The molecule has 1 fully saturated rings. The van der Waals surface area contributed by atoms with Gasteiger partial charge in [0.05, 0.1) is 12.4 Å². The van der Waals surface area contributed by atoms with E-state index < -0.39 is 5.97 Å². The highest BCUT2D eigenvalue weighted by Crippen LogP contribution is 2.14. The molecule has 1 atom stereocenters. The lowest BCUT2D eigenvalue weighted by Crippen LogP contribution is -2.17. The molecule has 2 heterocycles. The number of carbonyl (C=O) groups excluding carboxylic acids is 1. The van der Waals surface area contributed by atoms with Crippen molar-refractivity contribution in [2.24, 2.45) is 0 Å². The van der Waals surface area contributed by atoms with Crippen LogP contribution < -0.4 is 0 Å². The Morgan fingerprint density at radius 2 is 2.53 bits per heavy atom. The topological polar surface area (TPSA) is 48.7 Å². The summed E-state index contributed by atoms with van der Waals surface area (Å²) < 4.78 is 15.5. The summed E-state index contributed by atoms with van der Waals surface area (Å²) in [7, 11) is 0. The first kappa shape index (κ1) is 10.2. The van der Waals surface area contributed by atoms with Gasteiger partial charge >= 0.3 is 5.97 Å². The van der Waals surface area contributed by atoms with Gasteiger partial charge < -0.3 is 13.9 Å². The zero-order chi connectivity index (χ0) is 10.7. The number of aryl methyl sites for hydroxylation is 1. The number of hydrogen-bond acceptors (Lipinski definition) is 4. The van der Waals surface area contributed by atoms with E-state index in [9.17, 15) is 4.79 Å². The predicted molar refractivity (Wildman–Crippen MR) is 52.7 cm³/mol. The Labute approximate surface area is 88.2 Å². The molecule has 0 N–H and O–H groups in total. The third kappa shape index (κ3) is 2.39. The maximum atomic E-state index is 11.5. The van der Waals surface area contributed by atoms with Crippen molar-refractivity contribution < 1.29 is 18.7 Å². The van der Waals surface area contributed by atoms with E-state index in [1.54, 1.807) is 6.07 Å². The third-order valence-corrected chi connectivity index (χ3v) is 2.47. The first-order chi connectivity index (χ1) is 7.27. The second kappa shape index (κ2) is 4.49. The largest absolute Gasteiger partial charge is 0.457 e. The third-order valence-electron chi connectivity index (χ3n) is 2.47. The van der Waals surface area contributed by atoms with Crippen molar-refractivity contribution in [1.29, 1.82) is 0 Å². The van der Waals surface area contributed by atoms with Gasteiger partial charge in [-0.15, -0.1) is 0 Å². The molecule has 0 aliphatic carbocycles. The van der Waals surface area contributed by atoms with E-state index in [-0.39, 0.29) is 11.9 Å². The molecule has 82 valence electrons. The second-order valence-electron chi connectivity index (χ2n) is 3.67. The van der Waals surface area contributed by atoms with Gasteiger partial charge in [-0.3, -0.25) is 0 Å². The summed E-state index contributed by atoms with van der Waals surface area (Å²) in [5.74, 6) is -0.124. The fourth-order valence-corrected chi connectivity index (χ4v) is 1.59. The van der Waals surface area contributed by atoms with Gasteiger partial charge in [-0.1, -0.05) is 0 Å². The van der Waals surface area contributed by atoms with Crippen molar-refractivity contribution in [2.75, 3.05) is 13.2 Å². The zero-order valence-electron chi connectivity index (χ0n) is 8.69. The summed E-state index contributed by atoms with van der Waals surface area (Å²) in [6, 6.07) is 1.74. The molecule has 0 saturated carbocycles. The van der Waals surface area contributed by atoms with Crippen LogP contribution in [-0.2, 0) is 9.47 Å². The molecule has 0 spiro atoms. The van der Waals surface area contributed by atoms with E-state index in [4.69, 9.17) is 13.9 Å². The first-order valence-electron chi connectivity index (χ1n) is 5.10. The minimum atomic E-state index is -0.409. The van der Waals surface area contributed by atoms with Crippen LogP contribution in [0.5, 0.6) is 0 Å². The number of carbonyl (C=O) groups is 1. The van der Waals surface area contributed by atoms with E-state index in [1.165, 1.54) is 6.26 Å². The van der Waals surface area contributed by atoms with Crippen LogP contribution in [0.4, 0.5) is 0 Å². The molecule has 4 heteroatoms. The number of hydrogen-bond donors (Lipinski definition) is 0. The molecule has 0 aromatic carbocycles. The standard InChI is InChI=1S/C11H14O4/c1-8-4-6-14-10(8)11(12)15-7-9-3-2-5-13-9/h4,6,9H,2-3,5,7H2,1H3. The van der Waals surface area contributed by atoms with Crippen LogP contribution in [0, 0.1) is 6.92 Å². The van der Waals surface area contributed by atoms with Gasteiger partial charge in [0, 0.05) is 12.2 Å². The number of rotatable bonds is 3. The Morgan fingerprint density at radius 1 is 1.67 bits per heavy atom. The minimum absolute atomic E-state index is 0.0595. The van der Waals surface area contributed by atoms with Crippen LogP contribution in [0.15, 0.2) is 16.7 Å². The number of furan rings is 1. The van der Waals surface area contributed by atoms with E-state index in [0.717, 1.165) is 25.0 Å². The van der Waals surface area contributed by atoms with Crippen LogP contribution in [0.1, 0.15) is 29.0 Å². The van der Waals surface area contributed by atoms with Gasteiger partial charge in [0.1, 0.15) is 6.61 Å². The fraction of sp³-hybridized carbons (Fsp3) is 0.545. The van der Waals surface area contributed by atoms with Gasteiger partial charge in [0.2, 0.25) is 5.76 Å². The van der Waals surface area contributed by atoms with Crippen LogP contribution in [0.25, 0.3) is 0 Å². The van der Waals surface area contributed by atoms with E-state index in [0.29, 0.717) is 6.61 Å². The monoisotopic (exact) mass is 210 g/mol. The lowest BCUT2D eigenvalue weighted by atomic mass is 10.2. The highest BCUT2D eigenvalue weighted by atomic mass is 16.6. The highest BCUT2D eigenvalue weighted by Gasteiger charge is 2.20. The lowest BCUT2D eigenvalue weighted by molar-refractivity contribution is 0.0135. The van der Waals surface area contributed by atoms with Gasteiger partial charge in [0.25, 0.3) is 0 Å². The van der Waals surface area contributed by atoms with Crippen molar-refractivity contribution in [2.45, 2.75) is 25.9 Å². The maximum Gasteiger partial charge on any atom is 0.374 e. The molecule has 1 aliphatic heterocycles. The van der Waals surface area contributed by atoms with Crippen LogP contribution in [0.3, 0.4) is 0 Å². The lowest BCUT2D eigenvalue weighted by Gasteiger charge is -2.09. The van der Waals surface area contributed by atoms with E-state index in [1.807, 2.05) is 6.92 Å². The molecule has 1 unspecified atom stereocenters. The SMILES string of the molecule is Cc1ccoc1C(=O)OCC1CCCO1. The van der Waals surface area contributed by atoms with Crippen molar-refractivity contribution in [1.82, 2.24) is 0 Å². The Balaban J connectivity index is 1.84. The Hall–Kier alpha value is -1.29. The smallest absolute Gasteiger partial charge is 0.374 e. The molecular formula is C11H14O4. The summed E-state index contributed by atoms with van der Waals surface area (Å²) >= 11 is 0. The molecule has 1 aromatic rings. The van der Waals surface area contributed by atoms with Crippen molar-refractivity contribution in [3.05, 3.63) is 23.7 Å². The van der Waals surface area contributed by atoms with Gasteiger partial charge in [-0.2, -0.15) is 0 Å². The van der Waals surface area contributed by atoms with Crippen molar-refractivity contribution >= 4 is 5.97 Å². The molecule has 0 amide bonds. The minimum Gasteiger partial charge on any atom is -0.457 e. The van der Waals surface area contributed by atoms with E-state index in [2.05, 4.69) is 0 Å². The normalized spacial score (nSPS) is 20.5. The zero-order valence-corrected chi connectivity index (χ0v) is 8.69. The predicted octanol–water partition coefficient (Wildman–Crippen LogP) is 1.92. The summed E-state index contributed by atoms with van der Waals surface area (Å²) in [5.41, 5.74) is 0.798. The molecule has 1 aliphatic rings. The van der Waals surface area contributed by atoms with Crippen LogP contribution in [-0.4, -0.2) is 25.3 Å². The summed E-state index contributed by atoms with van der Waals surface area (Å²) in [6.45, 7) is 2.90. The van der Waals surface area contributed by atoms with E-state index >= 15 is 0 Å². The summed E-state index contributed by atoms with van der Waals surface area (Å²) in [5, 5.41) is 0. The molecular weight excluding hydrogens is 196 g/mol. The highest BCUT2D eigenvalue weighted by molar-refractivity contribution is 5.87. The maximum absolute atomic E-state index is 11.5. The second-order valence-corrected chi connectivity index (χ2v) is 3.67. The summed E-state index contributed by atoms with van der Waals surface area (Å²) in [6.07, 6.45) is 3.55. The molecule has 0 radical (unpaired) electrons. The number of esters is 1. The van der Waals surface area contributed by atoms with Gasteiger partial charge in [0.15, 0.2) is 0 Å². The average Bonchev–Trinajstić information content (AvgIpc) is 2.84. The molecule has 0 bridgehead atoms. The molecule has 2 rings (SSSR count). The number of ether oxygens (including phenoxy) is 2.